The Morgan fingerprint density at radius 2 is 1.70 bits per heavy atom. The molecule has 1 amide bonds. The molecule has 8 N–H and O–H groups in total. The van der Waals surface area contributed by atoms with Gasteiger partial charge < -0.3 is 50.5 Å². The second-order valence-corrected chi connectivity index (χ2v) is 5.89. The summed E-state index contributed by atoms with van der Waals surface area (Å²) in [6.07, 6.45) is -13.2. The summed E-state index contributed by atoms with van der Waals surface area (Å²) in [5.74, 6) is -4.17. The first kappa shape index (κ1) is 23.3. The Labute approximate surface area is 152 Å². The normalized spacial score (nSPS) is 31.5. The Bertz CT molecular complexity index is 542. The van der Waals surface area contributed by atoms with Crippen molar-refractivity contribution in [1.82, 2.24) is 5.32 Å². The number of nitrogens with one attached hydrogen (secondary N) is 1. The Morgan fingerprint density at radius 1 is 1.11 bits per heavy atom. The highest BCUT2D eigenvalue weighted by Gasteiger charge is 2.47. The molecule has 0 aromatic carbocycles. The number of hydrogen-bond acceptors (Lipinski definition) is 12. The van der Waals surface area contributed by atoms with E-state index in [1.807, 2.05) is 0 Å². The van der Waals surface area contributed by atoms with Crippen LogP contribution in [0.4, 0.5) is 0 Å². The Morgan fingerprint density at radius 3 is 2.19 bits per heavy atom. The molecule has 0 unspecified atom stereocenters. The topological polar surface area (TPSA) is 223 Å². The minimum absolute atomic E-state index is 0.703. The number of rotatable bonds is 8. The molecule has 0 spiro atoms. The van der Waals surface area contributed by atoms with Crippen LogP contribution in [-0.4, -0.2) is 116 Å². The summed E-state index contributed by atoms with van der Waals surface area (Å²) >= 11 is 0. The molecule has 1 fully saturated rings. The van der Waals surface area contributed by atoms with E-state index in [-0.39, 0.29) is 0 Å². The van der Waals surface area contributed by atoms with Gasteiger partial charge in [0.05, 0.1) is 13.2 Å². The van der Waals surface area contributed by atoms with Crippen LogP contribution in [-0.2, 0) is 23.9 Å². The average Bonchev–Trinajstić information content (AvgIpc) is 2.64. The fourth-order valence-corrected chi connectivity index (χ4v) is 2.33. The number of esters is 1. The van der Waals surface area contributed by atoms with Crippen molar-refractivity contribution in [1.29, 1.82) is 0 Å². The van der Waals surface area contributed by atoms with Crippen LogP contribution in [0.25, 0.3) is 0 Å². The summed E-state index contributed by atoms with van der Waals surface area (Å²) in [7, 11) is 0. The number of ketones is 1. The molecule has 0 radical (unpaired) electrons. The highest BCUT2D eigenvalue weighted by Crippen LogP contribution is 2.22. The number of hydrogen-bond donors (Lipinski definition) is 8. The van der Waals surface area contributed by atoms with Gasteiger partial charge in [0.1, 0.15) is 36.6 Å². The molecule has 1 aliphatic rings. The van der Waals surface area contributed by atoms with Gasteiger partial charge >= 0.3 is 5.97 Å². The predicted molar refractivity (Wildman–Crippen MR) is 81.6 cm³/mol. The van der Waals surface area contributed by atoms with Crippen molar-refractivity contribution in [2.24, 2.45) is 0 Å². The lowest BCUT2D eigenvalue weighted by molar-refractivity contribution is -0.262. The van der Waals surface area contributed by atoms with Crippen molar-refractivity contribution >= 4 is 17.7 Å². The van der Waals surface area contributed by atoms with Gasteiger partial charge in [-0.3, -0.25) is 9.59 Å². The molecule has 0 saturated carbocycles. The first-order chi connectivity index (χ1) is 12.5. The minimum atomic E-state index is -2.44. The van der Waals surface area contributed by atoms with E-state index in [1.165, 1.54) is 0 Å². The number of aliphatic hydroxyl groups excluding tert-OH is 7. The van der Waals surface area contributed by atoms with Crippen molar-refractivity contribution in [3.8, 4) is 0 Å². The number of ether oxygens (including phenoxy) is 2. The maximum atomic E-state index is 11.9. The van der Waals surface area contributed by atoms with Gasteiger partial charge in [-0.2, -0.15) is 0 Å². The fraction of sp³-hybridized carbons (Fsp3) is 0.786. The molecule has 0 aliphatic carbocycles. The standard InChI is InChI=1S/C14H23NO12/c1-4(18)15-7-10(22)9(21)6(3-17)26-14(7)27-13(25)12(24)11(23)8(20)5(19)2-16/h5-11,14,16-17,19-23H,2-3H2,1H3,(H,15,18)/t5-,6+,7+,8+,9+,10+,11-,14+/m0/s1. The second kappa shape index (κ2) is 10.0. The van der Waals surface area contributed by atoms with Crippen LogP contribution in [0.5, 0.6) is 0 Å². The summed E-state index contributed by atoms with van der Waals surface area (Å²) in [5.41, 5.74) is 0. The molecule has 13 nitrogen and oxygen atoms in total. The van der Waals surface area contributed by atoms with Crippen LogP contribution in [0.1, 0.15) is 6.92 Å². The van der Waals surface area contributed by atoms with E-state index in [9.17, 15) is 39.9 Å². The van der Waals surface area contributed by atoms with Gasteiger partial charge in [0.15, 0.2) is 6.10 Å². The maximum Gasteiger partial charge on any atom is 0.379 e. The fourth-order valence-electron chi connectivity index (χ4n) is 2.33. The van der Waals surface area contributed by atoms with Gasteiger partial charge in [-0.25, -0.2) is 4.79 Å². The Balaban J connectivity index is 2.91. The number of amides is 1. The molecule has 13 heteroatoms. The van der Waals surface area contributed by atoms with Crippen molar-refractivity contribution in [2.75, 3.05) is 13.2 Å². The maximum absolute atomic E-state index is 11.9. The molecule has 1 heterocycles. The molecule has 27 heavy (non-hydrogen) atoms. The van der Waals surface area contributed by atoms with E-state index < -0.39 is 79.8 Å². The van der Waals surface area contributed by atoms with Gasteiger partial charge in [0.2, 0.25) is 12.2 Å². The zero-order chi connectivity index (χ0) is 20.9. The molecule has 156 valence electrons. The van der Waals surface area contributed by atoms with E-state index in [1.54, 1.807) is 0 Å². The van der Waals surface area contributed by atoms with Gasteiger partial charge in [-0.1, -0.05) is 0 Å². The number of carbonyl (C=O) groups is 3. The van der Waals surface area contributed by atoms with Crippen molar-refractivity contribution < 1.29 is 59.6 Å². The lowest BCUT2D eigenvalue weighted by atomic mass is 9.97. The Kier molecular flexibility index (Phi) is 8.64. The lowest BCUT2D eigenvalue weighted by Gasteiger charge is -2.41. The number of carbonyl (C=O) groups excluding carboxylic acids is 3. The summed E-state index contributed by atoms with van der Waals surface area (Å²) in [5, 5.41) is 68.0. The van der Waals surface area contributed by atoms with Crippen LogP contribution >= 0.6 is 0 Å². The SMILES string of the molecule is CC(=O)N[C@H]1[C@@H](OC(=O)C(=O)[C@@H](O)[C@H](O)[C@@H](O)CO)O[C@H](CO)[C@@H](O)[C@@H]1O. The predicted octanol–water partition coefficient (Wildman–Crippen LogP) is -5.88. The zero-order valence-corrected chi connectivity index (χ0v) is 14.2. The second-order valence-electron chi connectivity index (χ2n) is 5.89. The molecule has 1 saturated heterocycles. The van der Waals surface area contributed by atoms with Crippen LogP contribution in [0.15, 0.2) is 0 Å². The van der Waals surface area contributed by atoms with E-state index in [2.05, 4.69) is 10.1 Å². The van der Waals surface area contributed by atoms with Gasteiger partial charge in [0, 0.05) is 6.92 Å². The van der Waals surface area contributed by atoms with Crippen molar-refractivity contribution in [3.63, 3.8) is 0 Å². The summed E-state index contributed by atoms with van der Waals surface area (Å²) in [6.45, 7) is -0.742. The molecular weight excluding hydrogens is 374 g/mol. The van der Waals surface area contributed by atoms with E-state index in [0.717, 1.165) is 6.92 Å². The Hall–Kier alpha value is -1.71. The number of aliphatic hydroxyl groups is 7. The van der Waals surface area contributed by atoms with Crippen molar-refractivity contribution in [2.45, 2.75) is 55.9 Å². The molecule has 0 bridgehead atoms. The van der Waals surface area contributed by atoms with E-state index >= 15 is 0 Å². The third-order valence-electron chi connectivity index (χ3n) is 3.85. The van der Waals surface area contributed by atoms with Gasteiger partial charge in [-0.15, -0.1) is 0 Å². The van der Waals surface area contributed by atoms with Crippen LogP contribution in [0.3, 0.4) is 0 Å². The van der Waals surface area contributed by atoms with E-state index in [4.69, 9.17) is 14.9 Å². The zero-order valence-electron chi connectivity index (χ0n) is 14.2. The molecule has 0 aromatic heterocycles. The molecular formula is C14H23NO12. The first-order valence-corrected chi connectivity index (χ1v) is 7.84. The summed E-state index contributed by atoms with van der Waals surface area (Å²) < 4.78 is 9.74. The van der Waals surface area contributed by atoms with Gasteiger partial charge in [0.25, 0.3) is 5.78 Å². The summed E-state index contributed by atoms with van der Waals surface area (Å²) in [4.78, 5) is 35.0. The number of Topliss-reactive ketones (excluding diaryl/α,β-unsaturated/α-hetero) is 1. The molecule has 0 aromatic rings. The molecule has 8 atom stereocenters. The average molecular weight is 397 g/mol. The highest BCUT2D eigenvalue weighted by atomic mass is 16.7. The largest absolute Gasteiger partial charge is 0.428 e. The molecule has 1 rings (SSSR count). The summed E-state index contributed by atoms with van der Waals surface area (Å²) in [6, 6.07) is -1.51. The quantitative estimate of drug-likeness (QED) is 0.142. The van der Waals surface area contributed by atoms with Gasteiger partial charge in [-0.05, 0) is 0 Å². The highest BCUT2D eigenvalue weighted by molar-refractivity contribution is 6.35. The monoisotopic (exact) mass is 397 g/mol. The van der Waals surface area contributed by atoms with Crippen LogP contribution in [0.2, 0.25) is 0 Å². The first-order valence-electron chi connectivity index (χ1n) is 7.84. The minimum Gasteiger partial charge on any atom is -0.428 e. The smallest absolute Gasteiger partial charge is 0.379 e. The van der Waals surface area contributed by atoms with E-state index in [0.29, 0.717) is 0 Å². The third kappa shape index (κ3) is 5.63. The van der Waals surface area contributed by atoms with Crippen LogP contribution in [0, 0.1) is 0 Å². The lowest BCUT2D eigenvalue weighted by Crippen LogP contribution is -2.65. The third-order valence-corrected chi connectivity index (χ3v) is 3.85. The van der Waals surface area contributed by atoms with Crippen LogP contribution < -0.4 is 5.32 Å². The molecule has 1 aliphatic heterocycles. The van der Waals surface area contributed by atoms with Crippen molar-refractivity contribution in [3.05, 3.63) is 0 Å².